The lowest BCUT2D eigenvalue weighted by Crippen LogP contribution is -2.40. The van der Waals surface area contributed by atoms with Crippen LogP contribution in [-0.2, 0) is 4.79 Å². The van der Waals surface area contributed by atoms with Crippen LogP contribution in [0.1, 0.15) is 26.7 Å². The lowest BCUT2D eigenvalue weighted by Gasteiger charge is -2.21. The number of hydrogen-bond acceptors (Lipinski definition) is 2. The van der Waals surface area contributed by atoms with Gasteiger partial charge < -0.3 is 10.6 Å². The molecule has 1 fully saturated rings. The molecule has 0 spiro atoms. The van der Waals surface area contributed by atoms with Gasteiger partial charge in [-0.05, 0) is 33.2 Å². The first kappa shape index (κ1) is 11.2. The SMILES string of the molecule is CC(C)=CCNC(=O)[C@@H]1CCCNC1. The zero-order valence-electron chi connectivity index (χ0n) is 9.10. The van der Waals surface area contributed by atoms with Gasteiger partial charge >= 0.3 is 0 Å². The van der Waals surface area contributed by atoms with Gasteiger partial charge in [0.25, 0.3) is 0 Å². The van der Waals surface area contributed by atoms with Crippen molar-refractivity contribution in [3.63, 3.8) is 0 Å². The molecule has 1 aliphatic rings. The van der Waals surface area contributed by atoms with Gasteiger partial charge in [-0.2, -0.15) is 0 Å². The lowest BCUT2D eigenvalue weighted by molar-refractivity contribution is -0.125. The molecule has 0 aromatic carbocycles. The minimum absolute atomic E-state index is 0.175. The number of rotatable bonds is 3. The molecule has 1 saturated heterocycles. The summed E-state index contributed by atoms with van der Waals surface area (Å²) in [6, 6.07) is 0. The molecule has 0 aromatic heterocycles. The van der Waals surface area contributed by atoms with Gasteiger partial charge in [-0.3, -0.25) is 4.79 Å². The van der Waals surface area contributed by atoms with Crippen LogP contribution in [0.25, 0.3) is 0 Å². The maximum atomic E-state index is 11.6. The summed E-state index contributed by atoms with van der Waals surface area (Å²) in [6.07, 6.45) is 4.17. The van der Waals surface area contributed by atoms with Crippen LogP contribution in [0.3, 0.4) is 0 Å². The monoisotopic (exact) mass is 196 g/mol. The van der Waals surface area contributed by atoms with Gasteiger partial charge in [-0.15, -0.1) is 0 Å². The second-order valence-electron chi connectivity index (χ2n) is 4.07. The molecule has 0 saturated carbocycles. The largest absolute Gasteiger partial charge is 0.352 e. The Kier molecular flexibility index (Phi) is 4.66. The van der Waals surface area contributed by atoms with Gasteiger partial charge in [0.2, 0.25) is 5.91 Å². The highest BCUT2D eigenvalue weighted by Gasteiger charge is 2.19. The lowest BCUT2D eigenvalue weighted by atomic mass is 9.99. The Balaban J connectivity index is 2.23. The molecule has 0 unspecified atom stereocenters. The fraction of sp³-hybridized carbons (Fsp3) is 0.727. The summed E-state index contributed by atoms with van der Waals surface area (Å²) in [6.45, 7) is 6.62. The smallest absolute Gasteiger partial charge is 0.224 e. The van der Waals surface area contributed by atoms with Gasteiger partial charge in [0.1, 0.15) is 0 Å². The number of allylic oxidation sites excluding steroid dienone is 1. The van der Waals surface area contributed by atoms with E-state index < -0.39 is 0 Å². The fourth-order valence-corrected chi connectivity index (χ4v) is 1.58. The number of carbonyl (C=O) groups excluding carboxylic acids is 1. The van der Waals surface area contributed by atoms with Crippen molar-refractivity contribution in [3.8, 4) is 0 Å². The molecule has 0 radical (unpaired) electrons. The predicted molar refractivity (Wildman–Crippen MR) is 58.0 cm³/mol. The molecule has 3 heteroatoms. The van der Waals surface area contributed by atoms with Crippen molar-refractivity contribution in [3.05, 3.63) is 11.6 Å². The van der Waals surface area contributed by atoms with Crippen LogP contribution in [0.15, 0.2) is 11.6 Å². The second kappa shape index (κ2) is 5.81. The summed E-state index contributed by atoms with van der Waals surface area (Å²) in [5, 5.41) is 6.17. The normalized spacial score (nSPS) is 21.4. The summed E-state index contributed by atoms with van der Waals surface area (Å²) in [7, 11) is 0. The third-order valence-electron chi connectivity index (χ3n) is 2.45. The molecular weight excluding hydrogens is 176 g/mol. The van der Waals surface area contributed by atoms with Crippen molar-refractivity contribution < 1.29 is 4.79 Å². The van der Waals surface area contributed by atoms with E-state index in [1.54, 1.807) is 0 Å². The van der Waals surface area contributed by atoms with E-state index in [2.05, 4.69) is 10.6 Å². The number of piperidine rings is 1. The molecule has 0 aliphatic carbocycles. The fourth-order valence-electron chi connectivity index (χ4n) is 1.58. The number of amides is 1. The molecule has 1 rings (SSSR count). The minimum atomic E-state index is 0.175. The van der Waals surface area contributed by atoms with Gasteiger partial charge in [0.05, 0.1) is 5.92 Å². The van der Waals surface area contributed by atoms with Gasteiger partial charge in [0.15, 0.2) is 0 Å². The first-order valence-electron chi connectivity index (χ1n) is 5.32. The van der Waals surface area contributed by atoms with Crippen LogP contribution in [0.5, 0.6) is 0 Å². The zero-order chi connectivity index (χ0) is 10.4. The van der Waals surface area contributed by atoms with Gasteiger partial charge in [-0.25, -0.2) is 0 Å². The van der Waals surface area contributed by atoms with Crippen LogP contribution in [0.4, 0.5) is 0 Å². The van der Waals surface area contributed by atoms with Crippen molar-refractivity contribution in [2.75, 3.05) is 19.6 Å². The van der Waals surface area contributed by atoms with Gasteiger partial charge in [0, 0.05) is 13.1 Å². The van der Waals surface area contributed by atoms with E-state index in [-0.39, 0.29) is 11.8 Å². The Morgan fingerprint density at radius 3 is 2.93 bits per heavy atom. The quantitative estimate of drug-likeness (QED) is 0.663. The summed E-state index contributed by atoms with van der Waals surface area (Å²) in [5.74, 6) is 0.365. The highest BCUT2D eigenvalue weighted by Crippen LogP contribution is 2.09. The average Bonchev–Trinajstić information content (AvgIpc) is 2.18. The van der Waals surface area contributed by atoms with Crippen molar-refractivity contribution in [1.82, 2.24) is 10.6 Å². The molecular formula is C11H20N2O. The maximum absolute atomic E-state index is 11.6. The van der Waals surface area contributed by atoms with Gasteiger partial charge in [-0.1, -0.05) is 11.6 Å². The summed E-state index contributed by atoms with van der Waals surface area (Å²) in [5.41, 5.74) is 1.24. The molecule has 2 N–H and O–H groups in total. The topological polar surface area (TPSA) is 41.1 Å². The van der Waals surface area contributed by atoms with Crippen molar-refractivity contribution in [2.24, 2.45) is 5.92 Å². The van der Waals surface area contributed by atoms with Crippen molar-refractivity contribution in [1.29, 1.82) is 0 Å². The van der Waals surface area contributed by atoms with Crippen LogP contribution in [0.2, 0.25) is 0 Å². The van der Waals surface area contributed by atoms with Crippen LogP contribution in [-0.4, -0.2) is 25.5 Å². The maximum Gasteiger partial charge on any atom is 0.224 e. The molecule has 80 valence electrons. The van der Waals surface area contributed by atoms with Crippen LogP contribution < -0.4 is 10.6 Å². The Hall–Kier alpha value is -0.830. The van der Waals surface area contributed by atoms with E-state index in [1.165, 1.54) is 5.57 Å². The highest BCUT2D eigenvalue weighted by molar-refractivity contribution is 5.79. The third-order valence-corrected chi connectivity index (χ3v) is 2.45. The Labute approximate surface area is 86.0 Å². The minimum Gasteiger partial charge on any atom is -0.352 e. The molecule has 1 atom stereocenters. The highest BCUT2D eigenvalue weighted by atomic mass is 16.1. The summed E-state index contributed by atoms with van der Waals surface area (Å²) in [4.78, 5) is 11.6. The Bertz CT molecular complexity index is 213. The molecule has 0 bridgehead atoms. The van der Waals surface area contributed by atoms with E-state index in [1.807, 2.05) is 19.9 Å². The van der Waals surface area contributed by atoms with E-state index in [0.717, 1.165) is 25.9 Å². The molecule has 1 aliphatic heterocycles. The summed E-state index contributed by atoms with van der Waals surface area (Å²) >= 11 is 0. The number of carbonyl (C=O) groups is 1. The summed E-state index contributed by atoms with van der Waals surface area (Å²) < 4.78 is 0. The molecule has 3 nitrogen and oxygen atoms in total. The second-order valence-corrected chi connectivity index (χ2v) is 4.07. The number of hydrogen-bond donors (Lipinski definition) is 2. The van der Waals surface area contributed by atoms with Crippen molar-refractivity contribution >= 4 is 5.91 Å². The van der Waals surface area contributed by atoms with E-state index in [4.69, 9.17) is 0 Å². The first-order chi connectivity index (χ1) is 6.70. The van der Waals surface area contributed by atoms with E-state index >= 15 is 0 Å². The molecule has 1 heterocycles. The molecule has 0 aromatic rings. The van der Waals surface area contributed by atoms with Crippen molar-refractivity contribution in [2.45, 2.75) is 26.7 Å². The van der Waals surface area contributed by atoms with E-state index in [9.17, 15) is 4.79 Å². The Morgan fingerprint density at radius 1 is 1.57 bits per heavy atom. The molecule has 14 heavy (non-hydrogen) atoms. The zero-order valence-corrected chi connectivity index (χ0v) is 9.10. The Morgan fingerprint density at radius 2 is 2.36 bits per heavy atom. The standard InChI is InChI=1S/C11H20N2O/c1-9(2)5-7-13-11(14)10-4-3-6-12-8-10/h5,10,12H,3-4,6-8H2,1-2H3,(H,13,14)/t10-/m1/s1. The van der Waals surface area contributed by atoms with E-state index in [0.29, 0.717) is 6.54 Å². The predicted octanol–water partition coefficient (Wildman–Crippen LogP) is 1.07. The molecule has 1 amide bonds. The first-order valence-corrected chi connectivity index (χ1v) is 5.32. The number of nitrogens with one attached hydrogen (secondary N) is 2. The van der Waals surface area contributed by atoms with Crippen LogP contribution >= 0.6 is 0 Å². The third kappa shape index (κ3) is 3.92. The van der Waals surface area contributed by atoms with Crippen LogP contribution in [0, 0.1) is 5.92 Å². The average molecular weight is 196 g/mol.